The topological polar surface area (TPSA) is 23.6 Å². The first-order valence-electron chi connectivity index (χ1n) is 9.83. The molecule has 26 heavy (non-hydrogen) atoms. The molecule has 0 aromatic heterocycles. The first-order chi connectivity index (χ1) is 12.6. The average Bonchev–Trinajstić information content (AvgIpc) is 3.21. The highest BCUT2D eigenvalue weighted by atomic mass is 16.2. The number of amides is 1. The molecule has 3 heteroatoms. The highest BCUT2D eigenvalue weighted by Gasteiger charge is 2.47. The molecular weight excluding hydrogens is 320 g/mol. The van der Waals surface area contributed by atoms with Crippen LogP contribution in [-0.2, 0) is 17.8 Å². The number of hydrogen-bond acceptors (Lipinski definition) is 2. The summed E-state index contributed by atoms with van der Waals surface area (Å²) in [5.41, 5.74) is 6.95. The number of nitrogens with zero attached hydrogens (tertiary/aromatic N) is 2. The summed E-state index contributed by atoms with van der Waals surface area (Å²) in [4.78, 5) is 17.2. The van der Waals surface area contributed by atoms with Crippen LogP contribution in [0.5, 0.6) is 0 Å². The third-order valence-electron chi connectivity index (χ3n) is 6.65. The lowest BCUT2D eigenvalue weighted by molar-refractivity contribution is -0.143. The summed E-state index contributed by atoms with van der Waals surface area (Å²) in [7, 11) is 1.96. The van der Waals surface area contributed by atoms with Crippen LogP contribution in [0, 0.1) is 5.41 Å². The van der Waals surface area contributed by atoms with E-state index in [4.69, 9.17) is 0 Å². The molecule has 1 spiro atoms. The van der Waals surface area contributed by atoms with Crippen LogP contribution in [0.25, 0.3) is 11.1 Å². The molecule has 0 saturated carbocycles. The van der Waals surface area contributed by atoms with E-state index in [0.29, 0.717) is 5.91 Å². The number of likely N-dealkylation sites (tertiary alicyclic amines) is 2. The van der Waals surface area contributed by atoms with Gasteiger partial charge in [0.1, 0.15) is 0 Å². The van der Waals surface area contributed by atoms with Gasteiger partial charge in [0, 0.05) is 26.7 Å². The number of fused-ring (bicyclic) bond motifs is 3. The van der Waals surface area contributed by atoms with Gasteiger partial charge in [-0.3, -0.25) is 9.69 Å². The van der Waals surface area contributed by atoms with Crippen molar-refractivity contribution < 1.29 is 4.79 Å². The molecule has 2 aromatic rings. The van der Waals surface area contributed by atoms with E-state index in [1.165, 1.54) is 27.8 Å². The summed E-state index contributed by atoms with van der Waals surface area (Å²) >= 11 is 0. The predicted molar refractivity (Wildman–Crippen MR) is 104 cm³/mol. The number of piperidine rings is 1. The average molecular weight is 346 g/mol. The van der Waals surface area contributed by atoms with E-state index < -0.39 is 0 Å². The SMILES string of the molecule is CN1CCC[C@]2(CCN(Cc3ccc4c(c3)Cc3ccccc3-4)C2)C1=O. The van der Waals surface area contributed by atoms with Crippen molar-refractivity contribution in [2.75, 3.05) is 26.7 Å². The van der Waals surface area contributed by atoms with Crippen molar-refractivity contribution >= 4 is 5.91 Å². The Morgan fingerprint density at radius 1 is 1.00 bits per heavy atom. The second kappa shape index (κ2) is 5.95. The maximum Gasteiger partial charge on any atom is 0.229 e. The fourth-order valence-corrected chi connectivity index (χ4v) is 5.29. The number of hydrogen-bond donors (Lipinski definition) is 0. The Hall–Kier alpha value is -2.13. The molecule has 0 radical (unpaired) electrons. The molecule has 134 valence electrons. The van der Waals surface area contributed by atoms with Gasteiger partial charge in [-0.05, 0) is 60.0 Å². The summed E-state index contributed by atoms with van der Waals surface area (Å²) in [6, 6.07) is 15.7. The van der Waals surface area contributed by atoms with E-state index in [-0.39, 0.29) is 5.41 Å². The van der Waals surface area contributed by atoms with Gasteiger partial charge in [-0.15, -0.1) is 0 Å². The summed E-state index contributed by atoms with van der Waals surface area (Å²) in [6.07, 6.45) is 4.28. The lowest BCUT2D eigenvalue weighted by Crippen LogP contribution is -2.48. The lowest BCUT2D eigenvalue weighted by Gasteiger charge is -2.37. The first kappa shape index (κ1) is 16.1. The van der Waals surface area contributed by atoms with Crippen molar-refractivity contribution in [2.24, 2.45) is 5.41 Å². The molecule has 3 nitrogen and oxygen atoms in total. The summed E-state index contributed by atoms with van der Waals surface area (Å²) in [5.74, 6) is 0.371. The van der Waals surface area contributed by atoms with Gasteiger partial charge in [-0.2, -0.15) is 0 Å². The Morgan fingerprint density at radius 3 is 2.77 bits per heavy atom. The second-order valence-electron chi connectivity index (χ2n) is 8.40. The number of carbonyl (C=O) groups is 1. The number of carbonyl (C=O) groups excluding carboxylic acids is 1. The Labute approximate surface area is 155 Å². The van der Waals surface area contributed by atoms with Crippen LogP contribution in [-0.4, -0.2) is 42.4 Å². The van der Waals surface area contributed by atoms with E-state index >= 15 is 0 Å². The Morgan fingerprint density at radius 2 is 1.85 bits per heavy atom. The third kappa shape index (κ3) is 2.49. The van der Waals surface area contributed by atoms with Gasteiger partial charge in [-0.1, -0.05) is 42.5 Å². The van der Waals surface area contributed by atoms with Crippen molar-refractivity contribution in [3.63, 3.8) is 0 Å². The van der Waals surface area contributed by atoms with Gasteiger partial charge in [0.2, 0.25) is 5.91 Å². The molecule has 5 rings (SSSR count). The quantitative estimate of drug-likeness (QED) is 0.706. The fraction of sp³-hybridized carbons (Fsp3) is 0.435. The van der Waals surface area contributed by atoms with E-state index in [9.17, 15) is 4.79 Å². The molecule has 0 unspecified atom stereocenters. The zero-order chi connectivity index (χ0) is 17.7. The largest absolute Gasteiger partial charge is 0.345 e. The molecule has 0 bridgehead atoms. The lowest BCUT2D eigenvalue weighted by atomic mass is 9.78. The number of benzene rings is 2. The maximum absolute atomic E-state index is 12.7. The van der Waals surface area contributed by atoms with Gasteiger partial charge in [0.25, 0.3) is 0 Å². The molecular formula is C23H26N2O. The molecule has 3 aliphatic rings. The molecule has 2 fully saturated rings. The Kier molecular flexibility index (Phi) is 3.68. The van der Waals surface area contributed by atoms with Crippen LogP contribution in [0.15, 0.2) is 42.5 Å². The van der Waals surface area contributed by atoms with Crippen molar-refractivity contribution in [3.8, 4) is 11.1 Å². The number of rotatable bonds is 2. The van der Waals surface area contributed by atoms with E-state index in [2.05, 4.69) is 47.4 Å². The normalized spacial score (nSPS) is 25.0. The molecule has 1 atom stereocenters. The van der Waals surface area contributed by atoms with Crippen molar-refractivity contribution in [1.82, 2.24) is 9.80 Å². The minimum Gasteiger partial charge on any atom is -0.345 e. The molecule has 0 N–H and O–H groups in total. The molecule has 1 amide bonds. The van der Waals surface area contributed by atoms with Crippen molar-refractivity contribution in [3.05, 3.63) is 59.2 Å². The smallest absolute Gasteiger partial charge is 0.229 e. The molecule has 2 saturated heterocycles. The van der Waals surface area contributed by atoms with Crippen molar-refractivity contribution in [1.29, 1.82) is 0 Å². The maximum atomic E-state index is 12.7. The van der Waals surface area contributed by atoms with Crippen molar-refractivity contribution in [2.45, 2.75) is 32.2 Å². The van der Waals surface area contributed by atoms with Gasteiger partial charge in [0.05, 0.1) is 5.41 Å². The standard InChI is InChI=1S/C23H26N2O/c1-24-11-4-9-23(22(24)26)10-12-25(16-23)15-17-7-8-21-19(13-17)14-18-5-2-3-6-20(18)21/h2-3,5-8,13H,4,9-12,14-16H2,1H3/t23-/m1/s1. The monoisotopic (exact) mass is 346 g/mol. The zero-order valence-electron chi connectivity index (χ0n) is 15.5. The van der Waals surface area contributed by atoms with Crippen LogP contribution in [0.4, 0.5) is 0 Å². The molecule has 1 aliphatic carbocycles. The molecule has 2 aliphatic heterocycles. The summed E-state index contributed by atoms with van der Waals surface area (Å²) < 4.78 is 0. The van der Waals surface area contributed by atoms with Gasteiger partial charge >= 0.3 is 0 Å². The summed E-state index contributed by atoms with van der Waals surface area (Å²) in [6.45, 7) is 3.85. The van der Waals surface area contributed by atoms with E-state index in [1.807, 2.05) is 11.9 Å². The second-order valence-corrected chi connectivity index (χ2v) is 8.40. The van der Waals surface area contributed by atoms with Crippen LogP contribution in [0.3, 0.4) is 0 Å². The van der Waals surface area contributed by atoms with Gasteiger partial charge in [0.15, 0.2) is 0 Å². The third-order valence-corrected chi connectivity index (χ3v) is 6.65. The summed E-state index contributed by atoms with van der Waals surface area (Å²) in [5, 5.41) is 0. The highest BCUT2D eigenvalue weighted by Crippen LogP contribution is 2.41. The fourth-order valence-electron chi connectivity index (χ4n) is 5.29. The minimum absolute atomic E-state index is 0.111. The highest BCUT2D eigenvalue weighted by molar-refractivity contribution is 5.84. The minimum atomic E-state index is -0.111. The van der Waals surface area contributed by atoms with Crippen LogP contribution in [0.2, 0.25) is 0 Å². The zero-order valence-corrected chi connectivity index (χ0v) is 15.5. The van der Waals surface area contributed by atoms with Crippen LogP contribution < -0.4 is 0 Å². The molecule has 2 heterocycles. The Balaban J connectivity index is 1.33. The Bertz CT molecular complexity index is 874. The van der Waals surface area contributed by atoms with Gasteiger partial charge in [-0.25, -0.2) is 0 Å². The van der Waals surface area contributed by atoms with Crippen LogP contribution in [0.1, 0.15) is 36.0 Å². The molecule has 2 aromatic carbocycles. The van der Waals surface area contributed by atoms with E-state index in [0.717, 1.165) is 51.9 Å². The van der Waals surface area contributed by atoms with Gasteiger partial charge < -0.3 is 4.90 Å². The van der Waals surface area contributed by atoms with Crippen LogP contribution >= 0.6 is 0 Å². The predicted octanol–water partition coefficient (Wildman–Crippen LogP) is 3.70. The first-order valence-corrected chi connectivity index (χ1v) is 9.83. The van der Waals surface area contributed by atoms with E-state index in [1.54, 1.807) is 0 Å².